The molecule has 41 heavy (non-hydrogen) atoms. The maximum absolute atomic E-state index is 12.1. The van der Waals surface area contributed by atoms with Gasteiger partial charge >= 0.3 is 0 Å². The second-order valence-corrected chi connectivity index (χ2v) is 12.1. The highest BCUT2D eigenvalue weighted by Crippen LogP contribution is 2.42. The molecule has 1 aliphatic heterocycles. The Bertz CT molecular complexity index is 1120. The second-order valence-electron chi connectivity index (χ2n) is 12.1. The summed E-state index contributed by atoms with van der Waals surface area (Å²) in [6.07, 6.45) is 5.60. The number of likely N-dealkylation sites (tertiary alicyclic amines) is 1. The number of hydrogen-bond acceptors (Lipinski definition) is 4. The number of aliphatic hydroxyl groups is 2. The summed E-state index contributed by atoms with van der Waals surface area (Å²) in [4.78, 5) is 14.4. The summed E-state index contributed by atoms with van der Waals surface area (Å²) in [6, 6.07) is 28.0. The molecule has 3 aromatic carbocycles. The van der Waals surface area contributed by atoms with Gasteiger partial charge < -0.3 is 15.1 Å². The summed E-state index contributed by atoms with van der Waals surface area (Å²) in [5.74, 6) is 0.285. The predicted molar refractivity (Wildman–Crippen MR) is 170 cm³/mol. The van der Waals surface area contributed by atoms with Crippen LogP contribution in [0.1, 0.15) is 102 Å². The van der Waals surface area contributed by atoms with Crippen molar-refractivity contribution in [1.29, 1.82) is 0 Å². The zero-order valence-corrected chi connectivity index (χ0v) is 25.9. The fourth-order valence-corrected chi connectivity index (χ4v) is 5.60. The van der Waals surface area contributed by atoms with Crippen LogP contribution in [0.25, 0.3) is 0 Å². The van der Waals surface area contributed by atoms with Gasteiger partial charge in [-0.25, -0.2) is 0 Å². The summed E-state index contributed by atoms with van der Waals surface area (Å²) >= 11 is 0. The lowest BCUT2D eigenvalue weighted by molar-refractivity contribution is -0.121. The molecule has 0 bridgehead atoms. The van der Waals surface area contributed by atoms with Crippen molar-refractivity contribution in [3.05, 3.63) is 107 Å². The monoisotopic (exact) mass is 557 g/mol. The van der Waals surface area contributed by atoms with E-state index in [2.05, 4.69) is 18.7 Å². The first-order valence-electron chi connectivity index (χ1n) is 15.5. The van der Waals surface area contributed by atoms with Crippen LogP contribution in [0, 0.1) is 5.92 Å². The molecule has 0 amide bonds. The quantitative estimate of drug-likeness (QED) is 0.252. The van der Waals surface area contributed by atoms with E-state index in [9.17, 15) is 15.0 Å². The number of carbonyl (C=O) groups excluding carboxylic acids is 1. The Morgan fingerprint density at radius 3 is 1.76 bits per heavy atom. The van der Waals surface area contributed by atoms with Crippen molar-refractivity contribution in [2.24, 2.45) is 5.92 Å². The lowest BCUT2D eigenvalue weighted by atomic mass is 9.72. The fourth-order valence-electron chi connectivity index (χ4n) is 5.60. The Balaban J connectivity index is 0.00000108. The summed E-state index contributed by atoms with van der Waals surface area (Å²) in [7, 11) is 0. The molecule has 0 aromatic heterocycles. The number of nitrogens with zero attached hydrogens (tertiary/aromatic N) is 1. The van der Waals surface area contributed by atoms with Gasteiger partial charge in [-0.2, -0.15) is 0 Å². The number of piperidine rings is 1. The lowest BCUT2D eigenvalue weighted by Gasteiger charge is -2.42. The van der Waals surface area contributed by atoms with Crippen LogP contribution in [0.3, 0.4) is 0 Å². The number of Topliss-reactive ketones (excluding diaryl/α,β-unsaturated/α-hetero) is 1. The van der Waals surface area contributed by atoms with Gasteiger partial charge in [-0.15, -0.1) is 0 Å². The van der Waals surface area contributed by atoms with E-state index >= 15 is 0 Å². The molecule has 222 valence electrons. The minimum absolute atomic E-state index is 0.135. The first kappa shape index (κ1) is 32.7. The molecule has 0 aliphatic carbocycles. The Morgan fingerprint density at radius 1 is 0.829 bits per heavy atom. The van der Waals surface area contributed by atoms with Gasteiger partial charge in [0, 0.05) is 5.41 Å². The molecule has 0 saturated carbocycles. The molecule has 0 radical (unpaired) electrons. The molecule has 1 heterocycles. The third-order valence-corrected chi connectivity index (χ3v) is 8.96. The normalized spacial score (nSPS) is 15.6. The number of unbranched alkanes of at least 4 members (excludes halogenated alkanes) is 1. The van der Waals surface area contributed by atoms with Gasteiger partial charge in [0.1, 0.15) is 11.4 Å². The van der Waals surface area contributed by atoms with Crippen LogP contribution in [0.5, 0.6) is 0 Å². The van der Waals surface area contributed by atoms with Gasteiger partial charge in [-0.3, -0.25) is 4.79 Å². The van der Waals surface area contributed by atoms with Crippen molar-refractivity contribution < 1.29 is 15.0 Å². The largest absolute Gasteiger partial charge is 0.388 e. The third kappa shape index (κ3) is 8.38. The van der Waals surface area contributed by atoms with Crippen molar-refractivity contribution in [2.45, 2.75) is 90.3 Å². The summed E-state index contributed by atoms with van der Waals surface area (Å²) < 4.78 is 0. The van der Waals surface area contributed by atoms with Crippen LogP contribution >= 0.6 is 0 Å². The Morgan fingerprint density at radius 2 is 1.32 bits per heavy atom. The highest BCUT2D eigenvalue weighted by atomic mass is 16.3. The molecule has 2 N–H and O–H groups in total. The van der Waals surface area contributed by atoms with E-state index < -0.39 is 17.1 Å². The SMILES string of the molecule is CC(=O)C(C)(C)c1ccc(C(O)CCCN2CCC(C(O)(c3ccccc3)c3ccccc3)CC2)cc1.CCCC. The zero-order chi connectivity index (χ0) is 29.9. The van der Waals surface area contributed by atoms with E-state index in [1.165, 1.54) is 12.8 Å². The van der Waals surface area contributed by atoms with E-state index in [0.717, 1.165) is 61.2 Å². The molecule has 1 atom stereocenters. The Labute approximate surface area is 248 Å². The lowest BCUT2D eigenvalue weighted by Crippen LogP contribution is -2.44. The van der Waals surface area contributed by atoms with Crippen molar-refractivity contribution in [1.82, 2.24) is 4.90 Å². The molecule has 1 unspecified atom stereocenters. The number of hydrogen-bond donors (Lipinski definition) is 2. The van der Waals surface area contributed by atoms with Crippen molar-refractivity contribution in [3.8, 4) is 0 Å². The molecular weight excluding hydrogens is 506 g/mol. The highest BCUT2D eigenvalue weighted by Gasteiger charge is 2.41. The first-order valence-corrected chi connectivity index (χ1v) is 15.5. The maximum Gasteiger partial charge on any atom is 0.139 e. The average Bonchev–Trinajstić information content (AvgIpc) is 3.02. The van der Waals surface area contributed by atoms with Crippen LogP contribution in [0.2, 0.25) is 0 Å². The molecule has 1 fully saturated rings. The van der Waals surface area contributed by atoms with E-state index in [0.29, 0.717) is 6.42 Å². The van der Waals surface area contributed by atoms with Gasteiger partial charge in [-0.05, 0) is 94.3 Å². The zero-order valence-electron chi connectivity index (χ0n) is 25.9. The number of benzene rings is 3. The Hall–Kier alpha value is -2.79. The van der Waals surface area contributed by atoms with E-state index in [1.807, 2.05) is 98.8 Å². The smallest absolute Gasteiger partial charge is 0.139 e. The number of ketones is 1. The molecule has 4 rings (SSSR count). The fraction of sp³-hybridized carbons (Fsp3) is 0.486. The number of aliphatic hydroxyl groups excluding tert-OH is 1. The predicted octanol–water partition coefficient (Wildman–Crippen LogP) is 7.82. The third-order valence-electron chi connectivity index (χ3n) is 8.96. The average molecular weight is 558 g/mol. The van der Waals surface area contributed by atoms with Crippen LogP contribution in [0.4, 0.5) is 0 Å². The first-order chi connectivity index (χ1) is 19.6. The van der Waals surface area contributed by atoms with Gasteiger partial charge in [0.25, 0.3) is 0 Å². The molecule has 1 aliphatic rings. The van der Waals surface area contributed by atoms with Crippen LogP contribution < -0.4 is 0 Å². The highest BCUT2D eigenvalue weighted by molar-refractivity contribution is 5.87. The summed E-state index contributed by atoms with van der Waals surface area (Å²) in [5.41, 5.74) is 2.29. The molecule has 1 saturated heterocycles. The van der Waals surface area contributed by atoms with E-state index in [4.69, 9.17) is 0 Å². The van der Waals surface area contributed by atoms with Crippen LogP contribution in [0.15, 0.2) is 84.9 Å². The van der Waals surface area contributed by atoms with Crippen LogP contribution in [-0.4, -0.2) is 40.5 Å². The van der Waals surface area contributed by atoms with Crippen molar-refractivity contribution in [3.63, 3.8) is 0 Å². The Kier molecular flexibility index (Phi) is 12.3. The van der Waals surface area contributed by atoms with Crippen LogP contribution in [-0.2, 0) is 15.8 Å². The number of rotatable bonds is 11. The molecular formula is C37H51NO3. The van der Waals surface area contributed by atoms with E-state index in [-0.39, 0.29) is 11.7 Å². The minimum atomic E-state index is -0.992. The summed E-state index contributed by atoms with van der Waals surface area (Å²) in [5, 5.41) is 22.8. The molecule has 4 nitrogen and oxygen atoms in total. The van der Waals surface area contributed by atoms with E-state index in [1.54, 1.807) is 6.92 Å². The number of carbonyl (C=O) groups is 1. The molecule has 3 aromatic rings. The molecule has 0 spiro atoms. The van der Waals surface area contributed by atoms with Gasteiger partial charge in [-0.1, -0.05) is 112 Å². The van der Waals surface area contributed by atoms with Gasteiger partial charge in [0.2, 0.25) is 0 Å². The maximum atomic E-state index is 12.1. The topological polar surface area (TPSA) is 60.8 Å². The standard InChI is InChI=1S/C33H41NO3.C4H10/c1-25(35)32(2,3)27-18-16-26(17-19-27)31(36)15-10-22-34-23-20-30(21-24-34)33(37,28-11-6-4-7-12-28)29-13-8-5-9-14-29;1-3-4-2/h4-9,11-14,16-19,30-31,36-37H,10,15,20-24H2,1-3H3;3-4H2,1-2H3. The van der Waals surface area contributed by atoms with Crippen molar-refractivity contribution in [2.75, 3.05) is 19.6 Å². The minimum Gasteiger partial charge on any atom is -0.388 e. The second kappa shape index (κ2) is 15.4. The van der Waals surface area contributed by atoms with Gasteiger partial charge in [0.15, 0.2) is 0 Å². The summed E-state index contributed by atoms with van der Waals surface area (Å²) in [6.45, 7) is 12.7. The van der Waals surface area contributed by atoms with Gasteiger partial charge in [0.05, 0.1) is 6.10 Å². The molecule has 4 heteroatoms. The van der Waals surface area contributed by atoms with Crippen molar-refractivity contribution >= 4 is 5.78 Å².